The molecule has 0 unspecified atom stereocenters. The van der Waals surface area contributed by atoms with Crippen LogP contribution in [0.1, 0.15) is 12.8 Å². The molecular weight excluding hydrogens is 366 g/mol. The third-order valence-electron chi connectivity index (χ3n) is 5.72. The van der Waals surface area contributed by atoms with Gasteiger partial charge in [-0.25, -0.2) is 9.48 Å². The van der Waals surface area contributed by atoms with Crippen LogP contribution < -0.4 is 16.1 Å². The molecule has 7 heteroatoms. The number of rotatable bonds is 6. The summed E-state index contributed by atoms with van der Waals surface area (Å²) in [5.74, 6) is 0. The van der Waals surface area contributed by atoms with E-state index >= 15 is 0 Å². The molecule has 0 spiro atoms. The maximum atomic E-state index is 12.0. The highest BCUT2D eigenvalue weighted by molar-refractivity contribution is 5.94. The van der Waals surface area contributed by atoms with Crippen LogP contribution in [-0.4, -0.2) is 52.0 Å². The zero-order chi connectivity index (χ0) is 20.2. The predicted octanol–water partition coefficient (Wildman–Crippen LogP) is 1.70. The number of aryl methyl sites for hydroxylation is 1. The SMILES string of the molecule is Cn1c(=O)cnn(CCCCN2CCN(c3cccc4ccccc34)CC2)c1=O. The first-order valence-corrected chi connectivity index (χ1v) is 10.2. The summed E-state index contributed by atoms with van der Waals surface area (Å²) < 4.78 is 2.47. The van der Waals surface area contributed by atoms with E-state index in [0.717, 1.165) is 50.1 Å². The summed E-state index contributed by atoms with van der Waals surface area (Å²) in [6, 6.07) is 15.1. The largest absolute Gasteiger partial charge is 0.368 e. The molecule has 4 rings (SSSR count). The molecule has 1 aliphatic rings. The highest BCUT2D eigenvalue weighted by Gasteiger charge is 2.18. The quantitative estimate of drug-likeness (QED) is 0.597. The molecule has 0 atom stereocenters. The lowest BCUT2D eigenvalue weighted by molar-refractivity contribution is 0.250. The van der Waals surface area contributed by atoms with Gasteiger partial charge in [-0.2, -0.15) is 5.10 Å². The molecule has 0 saturated carbocycles. The Balaban J connectivity index is 1.27. The van der Waals surface area contributed by atoms with Gasteiger partial charge in [0.15, 0.2) is 0 Å². The minimum Gasteiger partial charge on any atom is -0.368 e. The van der Waals surface area contributed by atoms with Gasteiger partial charge >= 0.3 is 5.69 Å². The number of unbranched alkanes of at least 4 members (excludes halogenated alkanes) is 1. The molecule has 1 fully saturated rings. The van der Waals surface area contributed by atoms with Crippen LogP contribution in [-0.2, 0) is 13.6 Å². The first-order chi connectivity index (χ1) is 14.1. The molecule has 3 aromatic rings. The van der Waals surface area contributed by atoms with Crippen LogP contribution in [0.25, 0.3) is 10.8 Å². The fraction of sp³-hybridized carbons (Fsp3) is 0.409. The van der Waals surface area contributed by atoms with Crippen molar-refractivity contribution >= 4 is 16.5 Å². The van der Waals surface area contributed by atoms with Crippen LogP contribution in [0.15, 0.2) is 58.3 Å². The van der Waals surface area contributed by atoms with Gasteiger partial charge in [0.1, 0.15) is 6.20 Å². The molecule has 0 amide bonds. The molecule has 0 aliphatic carbocycles. The number of fused-ring (bicyclic) bond motifs is 1. The Labute approximate surface area is 169 Å². The van der Waals surface area contributed by atoms with Crippen LogP contribution >= 0.6 is 0 Å². The molecule has 0 radical (unpaired) electrons. The molecule has 2 aromatic carbocycles. The van der Waals surface area contributed by atoms with Crippen molar-refractivity contribution in [2.75, 3.05) is 37.6 Å². The van der Waals surface area contributed by atoms with E-state index in [1.807, 2.05) is 0 Å². The number of anilines is 1. The van der Waals surface area contributed by atoms with E-state index in [4.69, 9.17) is 0 Å². The number of nitrogens with zero attached hydrogens (tertiary/aromatic N) is 5. The van der Waals surface area contributed by atoms with Crippen molar-refractivity contribution in [3.05, 3.63) is 69.5 Å². The lowest BCUT2D eigenvalue weighted by atomic mass is 10.1. The van der Waals surface area contributed by atoms with Crippen LogP contribution in [0.2, 0.25) is 0 Å². The van der Waals surface area contributed by atoms with Crippen LogP contribution in [0.4, 0.5) is 5.69 Å². The molecule has 1 aromatic heterocycles. The molecule has 0 bridgehead atoms. The summed E-state index contributed by atoms with van der Waals surface area (Å²) in [7, 11) is 1.48. The number of piperazine rings is 1. The summed E-state index contributed by atoms with van der Waals surface area (Å²) in [6.45, 7) is 5.70. The van der Waals surface area contributed by atoms with E-state index in [1.54, 1.807) is 0 Å². The van der Waals surface area contributed by atoms with E-state index in [1.165, 1.54) is 34.4 Å². The molecule has 1 saturated heterocycles. The molecule has 1 aliphatic heterocycles. The van der Waals surface area contributed by atoms with Gasteiger partial charge < -0.3 is 4.90 Å². The fourth-order valence-corrected chi connectivity index (χ4v) is 3.97. The summed E-state index contributed by atoms with van der Waals surface area (Å²) in [4.78, 5) is 28.4. The highest BCUT2D eigenvalue weighted by atomic mass is 16.2. The Morgan fingerprint density at radius 2 is 1.62 bits per heavy atom. The third kappa shape index (κ3) is 4.24. The molecular formula is C22H27N5O2. The van der Waals surface area contributed by atoms with Gasteiger partial charge in [0, 0.05) is 50.8 Å². The van der Waals surface area contributed by atoms with Gasteiger partial charge in [0.2, 0.25) is 0 Å². The molecule has 152 valence electrons. The Kier molecular flexibility index (Phi) is 5.76. The number of hydrogen-bond donors (Lipinski definition) is 0. The van der Waals surface area contributed by atoms with Crippen LogP contribution in [0.5, 0.6) is 0 Å². The van der Waals surface area contributed by atoms with Crippen molar-refractivity contribution in [3.63, 3.8) is 0 Å². The minimum atomic E-state index is -0.365. The number of aromatic nitrogens is 3. The lowest BCUT2D eigenvalue weighted by Crippen LogP contribution is -2.46. The van der Waals surface area contributed by atoms with Gasteiger partial charge in [-0.1, -0.05) is 36.4 Å². The number of hydrogen-bond acceptors (Lipinski definition) is 5. The van der Waals surface area contributed by atoms with E-state index in [2.05, 4.69) is 57.4 Å². The Morgan fingerprint density at radius 3 is 2.45 bits per heavy atom. The Morgan fingerprint density at radius 1 is 0.897 bits per heavy atom. The van der Waals surface area contributed by atoms with Crippen molar-refractivity contribution < 1.29 is 0 Å². The van der Waals surface area contributed by atoms with Gasteiger partial charge in [0.25, 0.3) is 5.56 Å². The number of benzene rings is 2. The standard InChI is InChI=1S/C22H27N5O2/c1-24-21(28)17-23-27(22(24)29)12-5-4-11-25-13-15-26(16-14-25)20-10-6-8-18-7-2-3-9-19(18)20/h2-3,6-10,17H,4-5,11-16H2,1H3. The van der Waals surface area contributed by atoms with Crippen molar-refractivity contribution in [1.29, 1.82) is 0 Å². The van der Waals surface area contributed by atoms with Crippen molar-refractivity contribution in [1.82, 2.24) is 19.2 Å². The van der Waals surface area contributed by atoms with Gasteiger partial charge in [-0.3, -0.25) is 14.3 Å². The topological polar surface area (TPSA) is 63.4 Å². The molecule has 29 heavy (non-hydrogen) atoms. The monoisotopic (exact) mass is 393 g/mol. The van der Waals surface area contributed by atoms with Crippen molar-refractivity contribution in [2.45, 2.75) is 19.4 Å². The Hall–Kier alpha value is -2.93. The predicted molar refractivity (Wildman–Crippen MR) is 116 cm³/mol. The average Bonchev–Trinajstić information content (AvgIpc) is 2.76. The van der Waals surface area contributed by atoms with Crippen LogP contribution in [0.3, 0.4) is 0 Å². The van der Waals surface area contributed by atoms with Gasteiger partial charge in [-0.05, 0) is 30.8 Å². The van der Waals surface area contributed by atoms with E-state index in [-0.39, 0.29) is 11.2 Å². The third-order valence-corrected chi connectivity index (χ3v) is 5.72. The second-order valence-corrected chi connectivity index (χ2v) is 7.58. The second-order valence-electron chi connectivity index (χ2n) is 7.58. The Bertz CT molecular complexity index is 1090. The smallest absolute Gasteiger partial charge is 0.347 e. The van der Waals surface area contributed by atoms with Gasteiger partial charge in [-0.15, -0.1) is 0 Å². The summed E-state index contributed by atoms with van der Waals surface area (Å²) in [6.07, 6.45) is 3.08. The van der Waals surface area contributed by atoms with E-state index < -0.39 is 0 Å². The van der Waals surface area contributed by atoms with Crippen molar-refractivity contribution in [3.8, 4) is 0 Å². The fourth-order valence-electron chi connectivity index (χ4n) is 3.97. The average molecular weight is 393 g/mol. The highest BCUT2D eigenvalue weighted by Crippen LogP contribution is 2.27. The van der Waals surface area contributed by atoms with E-state index in [9.17, 15) is 9.59 Å². The summed E-state index contributed by atoms with van der Waals surface area (Å²) in [5.41, 5.74) is 0.611. The van der Waals surface area contributed by atoms with Crippen molar-refractivity contribution in [2.24, 2.45) is 7.05 Å². The summed E-state index contributed by atoms with van der Waals surface area (Å²) >= 11 is 0. The molecule has 0 N–H and O–H groups in total. The minimum absolute atomic E-state index is 0.346. The maximum Gasteiger partial charge on any atom is 0.347 e. The van der Waals surface area contributed by atoms with E-state index in [0.29, 0.717) is 6.54 Å². The normalized spacial score (nSPS) is 15.1. The van der Waals surface area contributed by atoms with Crippen LogP contribution in [0, 0.1) is 0 Å². The van der Waals surface area contributed by atoms with Gasteiger partial charge in [0.05, 0.1) is 0 Å². The first kappa shape index (κ1) is 19.4. The zero-order valence-electron chi connectivity index (χ0n) is 16.8. The first-order valence-electron chi connectivity index (χ1n) is 10.2. The summed E-state index contributed by atoms with van der Waals surface area (Å²) in [5, 5.41) is 6.55. The zero-order valence-corrected chi connectivity index (χ0v) is 16.8. The molecule has 2 heterocycles. The lowest BCUT2D eigenvalue weighted by Gasteiger charge is -2.36. The maximum absolute atomic E-state index is 12.0. The molecule has 7 nitrogen and oxygen atoms in total. The second kappa shape index (κ2) is 8.61.